The molecule has 1 aliphatic rings. The summed E-state index contributed by atoms with van der Waals surface area (Å²) in [5.74, 6) is -0.202. The van der Waals surface area contributed by atoms with Crippen LogP contribution in [0.5, 0.6) is 28.7 Å². The van der Waals surface area contributed by atoms with E-state index in [0.717, 1.165) is 6.07 Å². The average molecular weight is 380 g/mol. The molecule has 7 nitrogen and oxygen atoms in total. The van der Waals surface area contributed by atoms with Crippen molar-refractivity contribution in [3.05, 3.63) is 40.1 Å². The van der Waals surface area contributed by atoms with Gasteiger partial charge in [-0.3, -0.25) is 4.79 Å². The van der Waals surface area contributed by atoms with E-state index in [-0.39, 0.29) is 50.3 Å². The molecule has 0 bridgehead atoms. The zero-order valence-electron chi connectivity index (χ0n) is 15.3. The molecule has 5 rings (SSSR count). The van der Waals surface area contributed by atoms with Crippen molar-refractivity contribution in [3.8, 4) is 28.7 Å². The first-order valence-electron chi connectivity index (χ1n) is 8.61. The topological polar surface area (TPSA) is 109 Å². The van der Waals surface area contributed by atoms with Crippen LogP contribution in [-0.2, 0) is 5.60 Å². The van der Waals surface area contributed by atoms with Crippen LogP contribution < -0.4 is 14.9 Å². The maximum Gasteiger partial charge on any atom is 0.224 e. The summed E-state index contributed by atoms with van der Waals surface area (Å²) in [4.78, 5) is 12.3. The van der Waals surface area contributed by atoms with Gasteiger partial charge in [0.1, 0.15) is 45.2 Å². The number of benzene rings is 3. The van der Waals surface area contributed by atoms with Crippen molar-refractivity contribution in [1.82, 2.24) is 0 Å². The van der Waals surface area contributed by atoms with E-state index in [1.54, 1.807) is 19.9 Å². The van der Waals surface area contributed by atoms with Gasteiger partial charge in [-0.15, -0.1) is 0 Å². The first-order valence-corrected chi connectivity index (χ1v) is 8.61. The van der Waals surface area contributed by atoms with E-state index in [4.69, 9.17) is 13.9 Å². The van der Waals surface area contributed by atoms with E-state index in [1.807, 2.05) is 0 Å². The molecule has 0 saturated carbocycles. The molecule has 1 aromatic heterocycles. The summed E-state index contributed by atoms with van der Waals surface area (Å²) < 4.78 is 17.0. The second kappa shape index (κ2) is 5.01. The lowest BCUT2D eigenvalue weighted by atomic mass is 9.91. The zero-order chi connectivity index (χ0) is 20.0. The lowest BCUT2D eigenvalue weighted by Crippen LogP contribution is -2.21. The number of hydrogen-bond donors (Lipinski definition) is 3. The Morgan fingerprint density at radius 2 is 1.68 bits per heavy atom. The van der Waals surface area contributed by atoms with Crippen molar-refractivity contribution in [3.63, 3.8) is 0 Å². The van der Waals surface area contributed by atoms with Crippen LogP contribution in [-0.4, -0.2) is 22.4 Å². The molecule has 0 saturated heterocycles. The van der Waals surface area contributed by atoms with Crippen LogP contribution in [0.4, 0.5) is 0 Å². The van der Waals surface area contributed by atoms with Gasteiger partial charge in [0.15, 0.2) is 5.75 Å². The molecule has 0 atom stereocenters. The van der Waals surface area contributed by atoms with Crippen LogP contribution in [0, 0.1) is 0 Å². The largest absolute Gasteiger partial charge is 0.507 e. The van der Waals surface area contributed by atoms with Crippen molar-refractivity contribution in [2.75, 3.05) is 7.11 Å². The summed E-state index contributed by atoms with van der Waals surface area (Å²) in [5.41, 5.74) is -0.291. The van der Waals surface area contributed by atoms with Crippen LogP contribution in [0.15, 0.2) is 33.5 Å². The smallest absolute Gasteiger partial charge is 0.224 e. The third kappa shape index (κ3) is 1.90. The van der Waals surface area contributed by atoms with Gasteiger partial charge in [-0.1, -0.05) is 0 Å². The predicted molar refractivity (Wildman–Crippen MR) is 103 cm³/mol. The van der Waals surface area contributed by atoms with E-state index in [1.165, 1.54) is 19.2 Å². The molecule has 142 valence electrons. The summed E-state index contributed by atoms with van der Waals surface area (Å²) in [6.45, 7) is 3.59. The lowest BCUT2D eigenvalue weighted by molar-refractivity contribution is 0.124. The number of hydrogen-bond acceptors (Lipinski definition) is 7. The number of methoxy groups -OCH3 is 1. The monoisotopic (exact) mass is 380 g/mol. The SMILES string of the molecule is COc1cc(O)c2c(O)c3cc4c5c(c(=O)cc(O)c5c3oc2c1)OC4(C)C. The maximum atomic E-state index is 12.3. The predicted octanol–water partition coefficient (Wildman–Crippen LogP) is 3.85. The minimum absolute atomic E-state index is 0.122. The molecule has 0 fully saturated rings. The third-order valence-electron chi connectivity index (χ3n) is 5.25. The highest BCUT2D eigenvalue weighted by Crippen LogP contribution is 2.51. The molecule has 3 N–H and O–H groups in total. The third-order valence-corrected chi connectivity index (χ3v) is 5.25. The van der Waals surface area contributed by atoms with Crippen LogP contribution in [0.3, 0.4) is 0 Å². The van der Waals surface area contributed by atoms with Gasteiger partial charge in [0.25, 0.3) is 0 Å². The van der Waals surface area contributed by atoms with E-state index in [0.29, 0.717) is 16.7 Å². The zero-order valence-corrected chi connectivity index (χ0v) is 15.3. The number of phenolic OH excluding ortho intramolecular Hbond substituents is 2. The number of phenols is 2. The number of aromatic hydroxyl groups is 3. The van der Waals surface area contributed by atoms with E-state index in [9.17, 15) is 20.1 Å². The highest BCUT2D eigenvalue weighted by atomic mass is 16.5. The molecule has 3 aromatic carbocycles. The van der Waals surface area contributed by atoms with Gasteiger partial charge in [0, 0.05) is 29.1 Å². The second-order valence-corrected chi connectivity index (χ2v) is 7.36. The highest BCUT2D eigenvalue weighted by Gasteiger charge is 2.37. The van der Waals surface area contributed by atoms with Gasteiger partial charge in [-0.25, -0.2) is 0 Å². The quantitative estimate of drug-likeness (QED) is 0.340. The van der Waals surface area contributed by atoms with E-state index in [2.05, 4.69) is 0 Å². The minimum Gasteiger partial charge on any atom is -0.507 e. The molecular formula is C21H16O7. The molecule has 7 heteroatoms. The van der Waals surface area contributed by atoms with Crippen molar-refractivity contribution in [2.45, 2.75) is 19.4 Å². The minimum atomic E-state index is -0.842. The van der Waals surface area contributed by atoms with Crippen molar-refractivity contribution in [1.29, 1.82) is 0 Å². The van der Waals surface area contributed by atoms with Gasteiger partial charge in [-0.05, 0) is 19.9 Å². The van der Waals surface area contributed by atoms with Crippen LogP contribution in [0.25, 0.3) is 32.7 Å². The molecule has 2 heterocycles. The van der Waals surface area contributed by atoms with Crippen LogP contribution in [0.1, 0.15) is 19.4 Å². The van der Waals surface area contributed by atoms with E-state index < -0.39 is 11.0 Å². The van der Waals surface area contributed by atoms with Crippen LogP contribution in [0.2, 0.25) is 0 Å². The standard InChI is InChI=1S/C21H16O7/c1-21(2)10-6-9-18(25)16-11(22)4-8(26-3)5-14(16)27-19(9)17-12(23)7-13(24)20(28-21)15(10)17/h4-7,22-23,25H,1-3H3. The molecule has 28 heavy (non-hydrogen) atoms. The fraction of sp³-hybridized carbons (Fsp3) is 0.190. The summed E-state index contributed by atoms with van der Waals surface area (Å²) in [7, 11) is 1.44. The Morgan fingerprint density at radius 3 is 2.39 bits per heavy atom. The molecule has 0 spiro atoms. The Morgan fingerprint density at radius 1 is 0.964 bits per heavy atom. The Kier molecular flexibility index (Phi) is 2.96. The lowest BCUT2D eigenvalue weighted by Gasteiger charge is -2.20. The normalized spacial score (nSPS) is 14.7. The van der Waals surface area contributed by atoms with Gasteiger partial charge in [0.2, 0.25) is 5.43 Å². The Labute approximate surface area is 158 Å². The van der Waals surface area contributed by atoms with Gasteiger partial charge < -0.3 is 29.2 Å². The molecule has 0 radical (unpaired) electrons. The highest BCUT2D eigenvalue weighted by molar-refractivity contribution is 6.16. The summed E-state index contributed by atoms with van der Waals surface area (Å²) in [5, 5.41) is 33.0. The van der Waals surface area contributed by atoms with Crippen molar-refractivity contribution >= 4 is 32.7 Å². The number of rotatable bonds is 1. The van der Waals surface area contributed by atoms with Crippen molar-refractivity contribution < 1.29 is 29.2 Å². The first kappa shape index (κ1) is 16.6. The molecule has 0 amide bonds. The number of ether oxygens (including phenoxy) is 2. The Balaban J connectivity index is 2.09. The summed E-state index contributed by atoms with van der Waals surface area (Å²) in [6.07, 6.45) is 0. The van der Waals surface area contributed by atoms with Gasteiger partial charge in [0.05, 0.1) is 17.9 Å². The molecule has 4 aromatic rings. The van der Waals surface area contributed by atoms with Crippen LogP contribution >= 0.6 is 0 Å². The van der Waals surface area contributed by atoms with Gasteiger partial charge in [-0.2, -0.15) is 0 Å². The molecule has 0 aliphatic carbocycles. The summed E-state index contributed by atoms with van der Waals surface area (Å²) in [6, 6.07) is 5.63. The van der Waals surface area contributed by atoms with Gasteiger partial charge >= 0.3 is 0 Å². The fourth-order valence-corrected chi connectivity index (χ4v) is 3.96. The molecule has 1 aliphatic heterocycles. The Bertz CT molecular complexity index is 1400. The number of fused-ring (bicyclic) bond motifs is 3. The maximum absolute atomic E-state index is 12.3. The Hall–Kier alpha value is -3.61. The molecular weight excluding hydrogens is 364 g/mol. The first-order chi connectivity index (χ1) is 13.2. The van der Waals surface area contributed by atoms with E-state index >= 15 is 0 Å². The summed E-state index contributed by atoms with van der Waals surface area (Å²) >= 11 is 0. The van der Waals surface area contributed by atoms with Crippen molar-refractivity contribution in [2.24, 2.45) is 0 Å². The fourth-order valence-electron chi connectivity index (χ4n) is 3.96. The second-order valence-electron chi connectivity index (χ2n) is 7.36. The molecule has 0 unspecified atom stereocenters. The average Bonchev–Trinajstić information content (AvgIpc) is 2.90.